The molecule has 0 spiro atoms. The van der Waals surface area contributed by atoms with E-state index in [9.17, 15) is 9.90 Å². The lowest BCUT2D eigenvalue weighted by atomic mass is 9.95. The lowest BCUT2D eigenvalue weighted by Crippen LogP contribution is -3.00. The maximum absolute atomic E-state index is 14.0. The van der Waals surface area contributed by atoms with E-state index in [4.69, 9.17) is 36.9 Å². The summed E-state index contributed by atoms with van der Waals surface area (Å²) in [5, 5.41) is 10.5. The smallest absolute Gasteiger partial charge is 0.349 e. The number of epoxide rings is 1. The van der Waals surface area contributed by atoms with E-state index < -0.39 is 118 Å². The van der Waals surface area contributed by atoms with Crippen LogP contribution in [0.15, 0.2) is 34.9 Å². The molecule has 3 fully saturated rings. The van der Waals surface area contributed by atoms with Gasteiger partial charge in [0.05, 0.1) is 45.6 Å². The first-order valence-corrected chi connectivity index (χ1v) is 8.70. The standard InChI is InChI=1S/C19H22NO4S2.BrH/c1-20(2)12-9-11(10-13(20)17-16(12)24-17)23-18(21)19(22,14-5-3-7-25-14)15-6-4-8-26-15;/h3-8,11-13,16-17,22H,9-10H2,1-2H3;1H/q+1;/p-1/i1D3,2D3,3D,4D,5D,6D,7D,8D,9D2,10D2,12D,13D,16D,17D;. The van der Waals surface area contributed by atoms with Crippen molar-refractivity contribution in [2.45, 2.75) is 48.6 Å². The predicted molar refractivity (Wildman–Crippen MR) is 99.1 cm³/mol. The van der Waals surface area contributed by atoms with Gasteiger partial charge < -0.3 is 36.0 Å². The molecule has 8 heteroatoms. The van der Waals surface area contributed by atoms with Crippen LogP contribution in [-0.4, -0.2) is 59.8 Å². The highest BCUT2D eigenvalue weighted by Crippen LogP contribution is 2.52. The van der Waals surface area contributed by atoms with Gasteiger partial charge in [-0.3, -0.25) is 0 Å². The van der Waals surface area contributed by atoms with Crippen LogP contribution in [0.4, 0.5) is 0 Å². The van der Waals surface area contributed by atoms with Gasteiger partial charge in [-0.05, 0) is 22.8 Å². The molecular weight excluding hydrogens is 450 g/mol. The summed E-state index contributed by atoms with van der Waals surface area (Å²) in [5.74, 6) is -2.20. The summed E-state index contributed by atoms with van der Waals surface area (Å²) in [4.78, 5) is 12.2. The molecule has 3 aliphatic heterocycles. The topological polar surface area (TPSA) is 59.1 Å². The van der Waals surface area contributed by atoms with E-state index in [1.54, 1.807) is 0 Å². The van der Waals surface area contributed by atoms with Crippen LogP contribution in [0.3, 0.4) is 0 Å². The Morgan fingerprint density at radius 1 is 1.33 bits per heavy atom. The second kappa shape index (κ2) is 6.64. The summed E-state index contributed by atoms with van der Waals surface area (Å²) >= 11 is 0.259. The molecule has 4 unspecified atom stereocenters. The molecule has 0 amide bonds. The number of morpholine rings is 1. The number of fused-ring (bicyclic) bond motifs is 5. The first-order chi connectivity index (χ1) is 20.4. The van der Waals surface area contributed by atoms with Crippen LogP contribution >= 0.6 is 22.7 Å². The molecule has 146 valence electrons. The van der Waals surface area contributed by atoms with E-state index >= 15 is 0 Å². The van der Waals surface area contributed by atoms with Gasteiger partial charge in [-0.1, -0.05) is 12.1 Å². The van der Waals surface area contributed by atoms with Crippen LogP contribution in [0.1, 0.15) is 49.9 Å². The summed E-state index contributed by atoms with van der Waals surface area (Å²) in [6.45, 7) is -8.44. The maximum atomic E-state index is 14.0. The Balaban J connectivity index is 0.00000500. The van der Waals surface area contributed by atoms with E-state index in [0.717, 1.165) is 0 Å². The summed E-state index contributed by atoms with van der Waals surface area (Å²) in [7, 11) is 0. The largest absolute Gasteiger partial charge is 1.00 e. The summed E-state index contributed by atoms with van der Waals surface area (Å²) in [6.07, 6.45) is -18.7. The summed E-state index contributed by atoms with van der Waals surface area (Å²) in [6, 6.07) is -12.0. The Kier molecular flexibility index (Phi) is 1.69. The number of halogens is 1. The molecule has 0 radical (unpaired) electrons. The lowest BCUT2D eigenvalue weighted by Gasteiger charge is -2.45. The SMILES string of the molecule is [2H]c1sc(C(O)(C(=O)OC2C([2H])([2H])C3([2H])C4([2H])OC4([2H])C([2H])(C2([2H])[2H])[N+]3(C([2H])([2H])[2H])C([2H])([2H])[2H])c2sc([2H])c([2H])c2[2H])c([2H])c1[2H].[Br-]. The Morgan fingerprint density at radius 2 is 1.89 bits per heavy atom. The fraction of sp³-hybridized carbons (Fsp3) is 0.526. The molecule has 3 aliphatic rings. The number of carbonyl (C=O) groups excluding carboxylic acids is 1. The van der Waals surface area contributed by atoms with E-state index in [1.807, 2.05) is 0 Å². The number of hydrogen-bond acceptors (Lipinski definition) is 6. The number of ether oxygens (including phenoxy) is 2. The van der Waals surface area contributed by atoms with Crippen molar-refractivity contribution in [2.24, 2.45) is 0 Å². The van der Waals surface area contributed by atoms with Gasteiger partial charge in [-0.2, -0.15) is 0 Å². The highest BCUT2D eigenvalue weighted by atomic mass is 79.9. The molecule has 5 nitrogen and oxygen atoms in total. The van der Waals surface area contributed by atoms with E-state index in [2.05, 4.69) is 0 Å². The molecule has 27 heavy (non-hydrogen) atoms. The molecule has 3 saturated heterocycles. The van der Waals surface area contributed by atoms with Crippen LogP contribution in [0.25, 0.3) is 0 Å². The molecular formula is C19H22BrNO4S2. The molecule has 0 aliphatic carbocycles. The molecule has 4 atom stereocenters. The summed E-state index contributed by atoms with van der Waals surface area (Å²) in [5.41, 5.74) is -3.54. The van der Waals surface area contributed by atoms with E-state index in [-0.39, 0.29) is 39.7 Å². The molecule has 1 N–H and O–H groups in total. The van der Waals surface area contributed by atoms with Crippen molar-refractivity contribution in [3.8, 4) is 0 Å². The number of aliphatic hydroxyl groups is 1. The molecule has 0 aromatic carbocycles. The van der Waals surface area contributed by atoms with Gasteiger partial charge in [-0.25, -0.2) is 4.79 Å². The Labute approximate surface area is 205 Å². The summed E-state index contributed by atoms with van der Waals surface area (Å²) < 4.78 is 175. The minimum atomic E-state index is -4.22. The zero-order chi connectivity index (χ0) is 35.6. The number of piperidine rings is 1. The van der Waals surface area contributed by atoms with Gasteiger partial charge in [-0.15, -0.1) is 22.7 Å². The van der Waals surface area contributed by atoms with Crippen LogP contribution in [0.5, 0.6) is 0 Å². The van der Waals surface area contributed by atoms with Gasteiger partial charge in [0.25, 0.3) is 0 Å². The fourth-order valence-corrected chi connectivity index (χ4v) is 3.99. The minimum Gasteiger partial charge on any atom is -1.00 e. The van der Waals surface area contributed by atoms with Crippen molar-refractivity contribution >= 4 is 28.6 Å². The Morgan fingerprint density at radius 3 is 2.33 bits per heavy atom. The van der Waals surface area contributed by atoms with Gasteiger partial charge >= 0.3 is 5.97 Å². The first-order valence-electron chi connectivity index (χ1n) is 17.1. The Bertz CT molecular complexity index is 1580. The van der Waals surface area contributed by atoms with E-state index in [0.29, 0.717) is 0 Å². The van der Waals surface area contributed by atoms with Crippen molar-refractivity contribution in [3.05, 3.63) is 44.6 Å². The van der Waals surface area contributed by atoms with Gasteiger partial charge in [0, 0.05) is 18.2 Å². The lowest BCUT2D eigenvalue weighted by molar-refractivity contribution is -0.938. The normalized spacial score (nSPS) is 59.4. The van der Waals surface area contributed by atoms with Gasteiger partial charge in [0.2, 0.25) is 5.60 Å². The predicted octanol–water partition coefficient (Wildman–Crippen LogP) is -0.650. The third-order valence-electron chi connectivity index (χ3n) is 3.94. The first kappa shape index (κ1) is 6.89. The quantitative estimate of drug-likeness (QED) is 0.350. The maximum Gasteiger partial charge on any atom is 0.349 e. The molecule has 2 aromatic rings. The monoisotopic (exact) mass is 491 g/mol. The number of hydrogen-bond donors (Lipinski definition) is 1. The van der Waals surface area contributed by atoms with Crippen molar-refractivity contribution in [2.75, 3.05) is 14.0 Å². The van der Waals surface area contributed by atoms with Crippen LogP contribution in [0.2, 0.25) is 0 Å². The molecule has 0 saturated carbocycles. The number of esters is 1. The molecule has 5 rings (SSSR count). The number of carbonyl (C=O) groups is 1. The molecule has 5 heterocycles. The fourth-order valence-electron chi connectivity index (χ4n) is 2.65. The van der Waals surface area contributed by atoms with Gasteiger partial charge in [0.1, 0.15) is 30.3 Å². The molecule has 2 aromatic heterocycles. The third-order valence-corrected chi connectivity index (χ3v) is 5.55. The zero-order valence-corrected chi connectivity index (χ0v) is 16.1. The second-order valence-electron chi connectivity index (χ2n) is 5.48. The zero-order valence-electron chi connectivity index (χ0n) is 32.9. The van der Waals surface area contributed by atoms with Crippen LogP contribution in [-0.2, 0) is 19.9 Å². The third kappa shape index (κ3) is 2.84. The van der Waals surface area contributed by atoms with Crippen molar-refractivity contribution in [3.63, 3.8) is 0 Å². The minimum absolute atomic E-state index is 0. The number of likely N-dealkylation sites (N-methyl/N-ethyl adjacent to an activating group) is 1. The van der Waals surface area contributed by atoms with E-state index in [1.165, 1.54) is 0 Å². The van der Waals surface area contributed by atoms with Gasteiger partial charge in [0.15, 0.2) is 0 Å². The van der Waals surface area contributed by atoms with Crippen LogP contribution in [0, 0.1) is 0 Å². The number of rotatable bonds is 4. The molecule has 2 bridgehead atoms. The Hall–Kier alpha value is -0.770. The highest BCUT2D eigenvalue weighted by molar-refractivity contribution is 7.12. The average molecular weight is 493 g/mol. The number of nitrogens with zero attached hydrogens (tertiary/aromatic N) is 1. The van der Waals surface area contributed by atoms with Crippen molar-refractivity contribution in [1.82, 2.24) is 0 Å². The average Bonchev–Trinajstić information content (AvgIpc) is 3.23. The van der Waals surface area contributed by atoms with Crippen molar-refractivity contribution < 1.29 is 68.3 Å². The van der Waals surface area contributed by atoms with Crippen LogP contribution < -0.4 is 17.0 Å². The number of quaternary nitrogens is 1. The highest BCUT2D eigenvalue weighted by Gasteiger charge is 2.71. The number of thiophene rings is 2. The second-order valence-corrected chi connectivity index (χ2v) is 7.11. The van der Waals surface area contributed by atoms with Crippen molar-refractivity contribution in [1.29, 1.82) is 0 Å².